The van der Waals surface area contributed by atoms with Crippen LogP contribution < -0.4 is 0 Å². The molecule has 0 amide bonds. The summed E-state index contributed by atoms with van der Waals surface area (Å²) in [6.07, 6.45) is 14.9. The van der Waals surface area contributed by atoms with Gasteiger partial charge in [-0.05, 0) is 89.6 Å². The van der Waals surface area contributed by atoms with Crippen molar-refractivity contribution in [2.24, 2.45) is 5.92 Å². The van der Waals surface area contributed by atoms with Gasteiger partial charge in [0.2, 0.25) is 0 Å². The van der Waals surface area contributed by atoms with E-state index in [-0.39, 0.29) is 0 Å². The van der Waals surface area contributed by atoms with Gasteiger partial charge in [0.15, 0.2) is 0 Å². The molecule has 5 aromatic carbocycles. The van der Waals surface area contributed by atoms with E-state index in [9.17, 15) is 0 Å². The summed E-state index contributed by atoms with van der Waals surface area (Å²) >= 11 is 0. The fourth-order valence-corrected chi connectivity index (χ4v) is 7.36. The first kappa shape index (κ1) is 29.6. The number of fused-ring (bicyclic) bond motifs is 12. The van der Waals surface area contributed by atoms with Crippen LogP contribution in [0.3, 0.4) is 0 Å². The molecular weight excluding hydrogens is 583 g/mol. The summed E-state index contributed by atoms with van der Waals surface area (Å²) in [5.74, 6) is 0.441. The van der Waals surface area contributed by atoms with Gasteiger partial charge < -0.3 is 15.0 Å². The van der Waals surface area contributed by atoms with E-state index in [4.69, 9.17) is 0 Å². The molecule has 8 rings (SSSR count). The van der Waals surface area contributed by atoms with E-state index in [2.05, 4.69) is 158 Å². The van der Waals surface area contributed by atoms with Crippen molar-refractivity contribution in [3.63, 3.8) is 0 Å². The minimum atomic E-state index is 0.441. The van der Waals surface area contributed by atoms with Crippen molar-refractivity contribution in [3.05, 3.63) is 145 Å². The third kappa shape index (κ3) is 4.74. The van der Waals surface area contributed by atoms with Crippen molar-refractivity contribution in [2.45, 2.75) is 27.7 Å². The summed E-state index contributed by atoms with van der Waals surface area (Å²) in [5, 5.41) is 7.26. The third-order valence-electron chi connectivity index (χ3n) is 9.47. The monoisotopic (exact) mass is 621 g/mol. The number of hydrogen-bond acceptors (Lipinski definition) is 0. The Balaban J connectivity index is 1.54. The highest BCUT2D eigenvalue weighted by atomic mass is 14.8. The molecule has 0 spiro atoms. The zero-order chi connectivity index (χ0) is 32.9. The van der Waals surface area contributed by atoms with Gasteiger partial charge in [0, 0.05) is 48.9 Å². The number of allylic oxidation sites excluding steroid dienone is 9. The quantitative estimate of drug-likeness (QED) is 0.148. The third-order valence-corrected chi connectivity index (χ3v) is 9.47. The molecule has 0 aliphatic rings. The first-order valence-electron chi connectivity index (χ1n) is 16.8. The Labute approximate surface area is 280 Å². The molecule has 0 saturated heterocycles. The molecule has 3 N–H and O–H groups in total. The molecule has 234 valence electrons. The maximum Gasteiger partial charge on any atom is 0.0588 e. The number of rotatable bonds is 7. The van der Waals surface area contributed by atoms with Gasteiger partial charge in [0.25, 0.3) is 0 Å². The molecule has 3 heterocycles. The van der Waals surface area contributed by atoms with Gasteiger partial charge in [-0.2, -0.15) is 0 Å². The van der Waals surface area contributed by atoms with Crippen molar-refractivity contribution in [3.8, 4) is 11.1 Å². The molecule has 3 aromatic heterocycles. The Bertz CT molecular complexity index is 2660. The lowest BCUT2D eigenvalue weighted by atomic mass is 9.97. The van der Waals surface area contributed by atoms with Gasteiger partial charge in [-0.25, -0.2) is 0 Å². The number of aromatic nitrogens is 3. The molecule has 8 aromatic rings. The summed E-state index contributed by atoms with van der Waals surface area (Å²) in [6.45, 7) is 12.7. The first-order valence-corrected chi connectivity index (χ1v) is 16.8. The van der Waals surface area contributed by atoms with E-state index in [0.717, 1.165) is 44.2 Å². The summed E-state index contributed by atoms with van der Waals surface area (Å²) in [4.78, 5) is 11.6. The Morgan fingerprint density at radius 1 is 0.604 bits per heavy atom. The summed E-state index contributed by atoms with van der Waals surface area (Å²) in [5.41, 5.74) is 13.9. The maximum atomic E-state index is 4.12. The molecule has 48 heavy (non-hydrogen) atoms. The largest absolute Gasteiger partial charge is 0.354 e. The van der Waals surface area contributed by atoms with Crippen molar-refractivity contribution in [1.29, 1.82) is 0 Å². The van der Waals surface area contributed by atoms with E-state index < -0.39 is 0 Å². The normalized spacial score (nSPS) is 13.4. The van der Waals surface area contributed by atoms with Crippen molar-refractivity contribution >= 4 is 76.6 Å². The van der Waals surface area contributed by atoms with Crippen LogP contribution in [0.1, 0.15) is 38.8 Å². The number of aromatic amines is 3. The lowest BCUT2D eigenvalue weighted by molar-refractivity contribution is 0.834. The van der Waals surface area contributed by atoms with Gasteiger partial charge in [-0.1, -0.05) is 111 Å². The molecule has 0 bridgehead atoms. The van der Waals surface area contributed by atoms with Crippen LogP contribution in [0.2, 0.25) is 0 Å². The second-order valence-corrected chi connectivity index (χ2v) is 13.0. The second-order valence-electron chi connectivity index (χ2n) is 13.0. The van der Waals surface area contributed by atoms with E-state index in [0.29, 0.717) is 5.92 Å². The summed E-state index contributed by atoms with van der Waals surface area (Å²) < 4.78 is 0. The molecule has 0 aliphatic carbocycles. The molecule has 0 radical (unpaired) electrons. The Kier molecular flexibility index (Phi) is 7.26. The van der Waals surface area contributed by atoms with E-state index >= 15 is 0 Å². The van der Waals surface area contributed by atoms with Crippen LogP contribution in [0, 0.1) is 5.92 Å². The SMILES string of the molecule is C=C/C(=C\C=C/C)c1ccc2[nH]c3c(c2c1)c1[nH]c2ccc(-c4ccccc4)cc2c1c1[nH]c2ccc(C(/C=C\C)=C/C(C)C)cc2c31. The summed E-state index contributed by atoms with van der Waals surface area (Å²) in [7, 11) is 0. The topological polar surface area (TPSA) is 47.4 Å². The Morgan fingerprint density at radius 3 is 1.67 bits per heavy atom. The molecular formula is C45H39N3. The standard InChI is InChI=1S/C45H39N3/c1-6-9-14-28(8-3)31-17-20-37-34(24-31)40-43-41(35-25-32(18-21-38(35)47-43)29-15-11-10-12-16-29)45-42(44(40)46-37)36-26-33(19-22-39(36)48-45)30(13-7-2)23-27(4)5/h6-27,46-48H,3H2,1-2,4-5H3/b9-6-,13-7-,28-14+,30-23+. The fourth-order valence-electron chi connectivity index (χ4n) is 7.36. The van der Waals surface area contributed by atoms with Crippen molar-refractivity contribution in [1.82, 2.24) is 15.0 Å². The average molecular weight is 622 g/mol. The van der Waals surface area contributed by atoms with Crippen molar-refractivity contribution < 1.29 is 0 Å². The van der Waals surface area contributed by atoms with E-state index in [1.807, 2.05) is 19.1 Å². The van der Waals surface area contributed by atoms with Crippen LogP contribution in [-0.2, 0) is 0 Å². The minimum Gasteiger partial charge on any atom is -0.354 e. The van der Waals surface area contributed by atoms with Gasteiger partial charge in [0.1, 0.15) is 0 Å². The first-order chi connectivity index (χ1) is 23.5. The molecule has 3 heteroatoms. The van der Waals surface area contributed by atoms with Gasteiger partial charge in [0.05, 0.1) is 16.6 Å². The smallest absolute Gasteiger partial charge is 0.0588 e. The van der Waals surface area contributed by atoms with Gasteiger partial charge in [-0.15, -0.1) is 0 Å². The zero-order valence-electron chi connectivity index (χ0n) is 27.9. The van der Waals surface area contributed by atoms with E-state index in [1.54, 1.807) is 0 Å². The van der Waals surface area contributed by atoms with Crippen LogP contribution in [0.25, 0.3) is 87.7 Å². The lowest BCUT2D eigenvalue weighted by Gasteiger charge is -2.06. The highest BCUT2D eigenvalue weighted by molar-refractivity contribution is 6.39. The minimum absolute atomic E-state index is 0.441. The Morgan fingerprint density at radius 2 is 1.15 bits per heavy atom. The van der Waals surface area contributed by atoms with Crippen LogP contribution in [-0.4, -0.2) is 15.0 Å². The molecule has 0 fully saturated rings. The number of hydrogen-bond donors (Lipinski definition) is 3. The van der Waals surface area contributed by atoms with Crippen LogP contribution in [0.5, 0.6) is 0 Å². The highest BCUT2D eigenvalue weighted by Crippen LogP contribution is 2.45. The molecule has 3 nitrogen and oxygen atoms in total. The van der Waals surface area contributed by atoms with E-state index in [1.165, 1.54) is 54.6 Å². The average Bonchev–Trinajstić information content (AvgIpc) is 3.79. The molecule has 0 saturated carbocycles. The molecule has 0 aliphatic heterocycles. The van der Waals surface area contributed by atoms with Crippen LogP contribution >= 0.6 is 0 Å². The highest BCUT2D eigenvalue weighted by Gasteiger charge is 2.22. The zero-order valence-corrected chi connectivity index (χ0v) is 27.9. The number of H-pyrrole nitrogens is 3. The lowest BCUT2D eigenvalue weighted by Crippen LogP contribution is -1.86. The second kappa shape index (κ2) is 11.8. The van der Waals surface area contributed by atoms with Crippen LogP contribution in [0.15, 0.2) is 134 Å². The van der Waals surface area contributed by atoms with Gasteiger partial charge in [-0.3, -0.25) is 0 Å². The predicted molar refractivity (Wildman–Crippen MR) is 211 cm³/mol. The molecule has 0 unspecified atom stereocenters. The fraction of sp³-hybridized carbons (Fsp3) is 0.111. The predicted octanol–water partition coefficient (Wildman–Crippen LogP) is 13.0. The van der Waals surface area contributed by atoms with Gasteiger partial charge >= 0.3 is 0 Å². The van der Waals surface area contributed by atoms with Crippen molar-refractivity contribution in [2.75, 3.05) is 0 Å². The number of benzene rings is 5. The number of nitrogens with one attached hydrogen (secondary N) is 3. The maximum absolute atomic E-state index is 4.12. The van der Waals surface area contributed by atoms with Crippen LogP contribution in [0.4, 0.5) is 0 Å². The summed E-state index contributed by atoms with van der Waals surface area (Å²) in [6, 6.07) is 31.0. The molecule has 0 atom stereocenters. The Hall–Kier alpha value is -5.80.